The summed E-state index contributed by atoms with van der Waals surface area (Å²) in [6.45, 7) is 1.38. The Kier molecular flexibility index (Phi) is 6.30. The van der Waals surface area contributed by atoms with Crippen molar-refractivity contribution in [3.05, 3.63) is 51.5 Å². The number of aliphatic imine (C=N–C) groups is 1. The van der Waals surface area contributed by atoms with Crippen molar-refractivity contribution in [3.63, 3.8) is 0 Å². The molecule has 2 aromatic rings. The van der Waals surface area contributed by atoms with Crippen LogP contribution in [0.15, 0.2) is 45.9 Å². The summed E-state index contributed by atoms with van der Waals surface area (Å²) < 4.78 is 0.748. The third kappa shape index (κ3) is 5.30. The van der Waals surface area contributed by atoms with Gasteiger partial charge in [0.1, 0.15) is 5.75 Å². The Hall–Kier alpha value is -1.96. The Balaban J connectivity index is 2.09. The van der Waals surface area contributed by atoms with Crippen molar-refractivity contribution in [1.29, 1.82) is 0 Å². The highest BCUT2D eigenvalue weighted by atomic mass is 79.9. The standard InChI is InChI=1S/C16H13BrClN3O2S/c1-9(22)20-16(24)21-13-4-2-12(3-5-13)19-8-10-6-11(17)7-14(18)15(10)23/h2-8,23H,1H3,(H2,20,21,22,24). The second kappa shape index (κ2) is 8.23. The number of benzene rings is 2. The molecular formula is C16H13BrClN3O2S. The lowest BCUT2D eigenvalue weighted by Gasteiger charge is -2.07. The molecule has 3 N–H and O–H groups in total. The molecule has 0 atom stereocenters. The Morgan fingerprint density at radius 1 is 1.33 bits per heavy atom. The molecule has 8 heteroatoms. The number of aromatic hydroxyl groups is 1. The summed E-state index contributed by atoms with van der Waals surface area (Å²) >= 11 is 14.2. The molecule has 0 saturated carbocycles. The second-order valence-electron chi connectivity index (χ2n) is 4.77. The first kappa shape index (κ1) is 18.4. The highest BCUT2D eigenvalue weighted by Crippen LogP contribution is 2.30. The average Bonchev–Trinajstić information content (AvgIpc) is 2.50. The van der Waals surface area contributed by atoms with E-state index in [1.807, 2.05) is 0 Å². The predicted molar refractivity (Wildman–Crippen MR) is 105 cm³/mol. The molecule has 0 unspecified atom stereocenters. The summed E-state index contributed by atoms with van der Waals surface area (Å²) in [7, 11) is 0. The van der Waals surface area contributed by atoms with E-state index in [4.69, 9.17) is 23.8 Å². The number of halogens is 2. The van der Waals surface area contributed by atoms with Crippen LogP contribution in [-0.2, 0) is 4.79 Å². The minimum Gasteiger partial charge on any atom is -0.506 e. The van der Waals surface area contributed by atoms with Crippen LogP contribution >= 0.6 is 39.7 Å². The van der Waals surface area contributed by atoms with E-state index in [0.29, 0.717) is 11.3 Å². The van der Waals surface area contributed by atoms with Gasteiger partial charge in [-0.3, -0.25) is 9.79 Å². The number of nitrogens with zero attached hydrogens (tertiary/aromatic N) is 1. The number of phenolic OH excluding ortho intramolecular Hbond substituents is 1. The highest BCUT2D eigenvalue weighted by Gasteiger charge is 2.05. The Morgan fingerprint density at radius 3 is 2.62 bits per heavy atom. The molecular weight excluding hydrogens is 414 g/mol. The largest absolute Gasteiger partial charge is 0.506 e. The molecule has 124 valence electrons. The van der Waals surface area contributed by atoms with Gasteiger partial charge in [0, 0.05) is 28.9 Å². The lowest BCUT2D eigenvalue weighted by Crippen LogP contribution is -2.32. The number of amides is 1. The van der Waals surface area contributed by atoms with Gasteiger partial charge in [-0.2, -0.15) is 0 Å². The van der Waals surface area contributed by atoms with Crippen molar-refractivity contribution in [2.45, 2.75) is 6.92 Å². The average molecular weight is 427 g/mol. The van der Waals surface area contributed by atoms with Gasteiger partial charge in [-0.05, 0) is 48.6 Å². The molecule has 0 aliphatic heterocycles. The van der Waals surface area contributed by atoms with Gasteiger partial charge >= 0.3 is 0 Å². The lowest BCUT2D eigenvalue weighted by atomic mass is 10.2. The molecule has 0 aliphatic carbocycles. The molecule has 1 amide bonds. The van der Waals surface area contributed by atoms with Gasteiger partial charge in [0.05, 0.1) is 10.7 Å². The van der Waals surface area contributed by atoms with Crippen LogP contribution in [0.3, 0.4) is 0 Å². The first-order chi connectivity index (χ1) is 11.3. The number of anilines is 1. The summed E-state index contributed by atoms with van der Waals surface area (Å²) in [5.41, 5.74) is 1.91. The molecule has 0 heterocycles. The Bertz CT molecular complexity index is 810. The predicted octanol–water partition coefficient (Wildman–Crippen LogP) is 4.39. The normalized spacial score (nSPS) is 10.6. The third-order valence-corrected chi connectivity index (χ3v) is 3.78. The minimum atomic E-state index is -0.235. The van der Waals surface area contributed by atoms with E-state index in [1.54, 1.807) is 36.4 Å². The maximum absolute atomic E-state index is 10.9. The summed E-state index contributed by atoms with van der Waals surface area (Å²) in [5, 5.41) is 15.7. The van der Waals surface area contributed by atoms with Crippen LogP contribution in [0.4, 0.5) is 11.4 Å². The molecule has 0 aliphatic rings. The highest BCUT2D eigenvalue weighted by molar-refractivity contribution is 9.10. The van der Waals surface area contributed by atoms with Crippen LogP contribution in [-0.4, -0.2) is 22.3 Å². The van der Waals surface area contributed by atoms with Crippen LogP contribution in [0, 0.1) is 0 Å². The maximum atomic E-state index is 10.9. The van der Waals surface area contributed by atoms with E-state index < -0.39 is 0 Å². The Labute approximate surface area is 157 Å². The SMILES string of the molecule is CC(=O)NC(=S)Nc1ccc(N=Cc2cc(Br)cc(Cl)c2O)cc1. The molecule has 24 heavy (non-hydrogen) atoms. The van der Waals surface area contributed by atoms with Gasteiger partial charge in [-0.1, -0.05) is 27.5 Å². The molecule has 0 spiro atoms. The molecule has 2 rings (SSSR count). The van der Waals surface area contributed by atoms with E-state index in [2.05, 4.69) is 31.6 Å². The minimum absolute atomic E-state index is 0.0254. The summed E-state index contributed by atoms with van der Waals surface area (Å²) in [5.74, 6) is -0.260. The number of carbonyl (C=O) groups excluding carboxylic acids is 1. The van der Waals surface area contributed by atoms with Crippen molar-refractivity contribution >= 4 is 68.4 Å². The zero-order valence-electron chi connectivity index (χ0n) is 12.5. The van der Waals surface area contributed by atoms with Gasteiger partial charge in [0.15, 0.2) is 5.11 Å². The summed E-state index contributed by atoms with van der Waals surface area (Å²) in [6.07, 6.45) is 1.52. The quantitative estimate of drug-likeness (QED) is 0.503. The smallest absolute Gasteiger partial charge is 0.222 e. The van der Waals surface area contributed by atoms with Gasteiger partial charge in [-0.15, -0.1) is 0 Å². The number of rotatable bonds is 3. The van der Waals surface area contributed by atoms with Crippen LogP contribution in [0.25, 0.3) is 0 Å². The first-order valence-electron chi connectivity index (χ1n) is 6.76. The number of hydrogen-bond acceptors (Lipinski definition) is 4. The van der Waals surface area contributed by atoms with Crippen LogP contribution in [0.2, 0.25) is 5.02 Å². The molecule has 0 aromatic heterocycles. The fourth-order valence-electron chi connectivity index (χ4n) is 1.78. The van der Waals surface area contributed by atoms with Gasteiger partial charge in [-0.25, -0.2) is 0 Å². The molecule has 0 radical (unpaired) electrons. The zero-order valence-corrected chi connectivity index (χ0v) is 15.7. The monoisotopic (exact) mass is 425 g/mol. The van der Waals surface area contributed by atoms with Crippen LogP contribution in [0.1, 0.15) is 12.5 Å². The third-order valence-electron chi connectivity index (χ3n) is 2.83. The van der Waals surface area contributed by atoms with Crippen LogP contribution < -0.4 is 10.6 Å². The van der Waals surface area contributed by atoms with Crippen molar-refractivity contribution in [2.24, 2.45) is 4.99 Å². The first-order valence-corrected chi connectivity index (χ1v) is 8.34. The molecule has 0 fully saturated rings. The van der Waals surface area contributed by atoms with Crippen molar-refractivity contribution < 1.29 is 9.90 Å². The zero-order chi connectivity index (χ0) is 17.7. The van der Waals surface area contributed by atoms with Crippen molar-refractivity contribution in [3.8, 4) is 5.75 Å². The van der Waals surface area contributed by atoms with E-state index in [-0.39, 0.29) is 21.8 Å². The van der Waals surface area contributed by atoms with Gasteiger partial charge in [0.2, 0.25) is 5.91 Å². The van der Waals surface area contributed by atoms with Crippen molar-refractivity contribution in [2.75, 3.05) is 5.32 Å². The second-order valence-corrected chi connectivity index (χ2v) is 6.50. The molecule has 0 saturated heterocycles. The van der Waals surface area contributed by atoms with Crippen LogP contribution in [0.5, 0.6) is 5.75 Å². The number of nitrogens with one attached hydrogen (secondary N) is 2. The Morgan fingerprint density at radius 2 is 2.00 bits per heavy atom. The molecule has 5 nitrogen and oxygen atoms in total. The number of hydrogen-bond donors (Lipinski definition) is 3. The number of carbonyl (C=O) groups is 1. The lowest BCUT2D eigenvalue weighted by molar-refractivity contribution is -0.117. The van der Waals surface area contributed by atoms with Gasteiger partial charge < -0.3 is 15.7 Å². The van der Waals surface area contributed by atoms with Gasteiger partial charge in [0.25, 0.3) is 0 Å². The molecule has 0 bridgehead atoms. The fraction of sp³-hybridized carbons (Fsp3) is 0.0625. The molecule has 2 aromatic carbocycles. The summed E-state index contributed by atoms with van der Waals surface area (Å²) in [4.78, 5) is 15.2. The fourth-order valence-corrected chi connectivity index (χ4v) is 2.88. The number of phenols is 1. The van der Waals surface area contributed by atoms with E-state index in [0.717, 1.165) is 10.2 Å². The van der Waals surface area contributed by atoms with E-state index in [9.17, 15) is 9.90 Å². The van der Waals surface area contributed by atoms with E-state index in [1.165, 1.54) is 13.1 Å². The topological polar surface area (TPSA) is 73.7 Å². The van der Waals surface area contributed by atoms with Crippen molar-refractivity contribution in [1.82, 2.24) is 5.32 Å². The van der Waals surface area contributed by atoms with E-state index >= 15 is 0 Å². The maximum Gasteiger partial charge on any atom is 0.222 e. The summed E-state index contributed by atoms with van der Waals surface area (Å²) in [6, 6.07) is 10.4. The number of thiocarbonyl (C=S) groups is 1.